The zero-order valence-corrected chi connectivity index (χ0v) is 27.7. The normalized spacial score (nSPS) is 18.3. The summed E-state index contributed by atoms with van der Waals surface area (Å²) in [6.45, 7) is 5.32. The van der Waals surface area contributed by atoms with Crippen LogP contribution in [0.2, 0.25) is 5.02 Å². The minimum atomic E-state index is -4.91. The topological polar surface area (TPSA) is 124 Å². The van der Waals surface area contributed by atoms with E-state index in [4.69, 9.17) is 21.1 Å². The Morgan fingerprint density at radius 1 is 1.20 bits per heavy atom. The first-order valence-electron chi connectivity index (χ1n) is 16.0. The summed E-state index contributed by atoms with van der Waals surface area (Å²) in [5.74, 6) is -1.68. The monoisotopic (exact) mass is 705 g/mol. The number of ether oxygens (including phenoxy) is 2. The van der Waals surface area contributed by atoms with E-state index < -0.39 is 58.7 Å². The number of hydrogen-bond donors (Lipinski definition) is 3. The van der Waals surface area contributed by atoms with Gasteiger partial charge in [0.15, 0.2) is 6.10 Å². The van der Waals surface area contributed by atoms with Gasteiger partial charge in [-0.2, -0.15) is 13.2 Å². The molecule has 0 bridgehead atoms. The van der Waals surface area contributed by atoms with Gasteiger partial charge in [0, 0.05) is 83.0 Å². The Morgan fingerprint density at radius 2 is 1.90 bits per heavy atom. The van der Waals surface area contributed by atoms with Crippen LogP contribution in [0.3, 0.4) is 0 Å². The highest BCUT2D eigenvalue weighted by Gasteiger charge is 2.46. The molecule has 3 aliphatic rings. The molecule has 1 spiro atoms. The number of carbonyl (C=O) groups is 3. The fourth-order valence-corrected chi connectivity index (χ4v) is 6.64. The molecule has 1 atom stereocenters. The Morgan fingerprint density at radius 3 is 2.57 bits per heavy atom. The Balaban J connectivity index is 1.30. The Kier molecular flexibility index (Phi) is 10.9. The van der Waals surface area contributed by atoms with Gasteiger partial charge in [0.1, 0.15) is 11.4 Å². The number of phenols is 1. The lowest BCUT2D eigenvalue weighted by Crippen LogP contribution is -2.52. The summed E-state index contributed by atoms with van der Waals surface area (Å²) in [5.41, 5.74) is -0.929. The van der Waals surface area contributed by atoms with Crippen molar-refractivity contribution in [2.24, 2.45) is 0 Å². The Hall–Kier alpha value is -4.59. The summed E-state index contributed by atoms with van der Waals surface area (Å²) in [4.78, 5) is 44.6. The lowest BCUT2D eigenvalue weighted by Gasteiger charge is -2.44. The number of phenolic OH excluding ortho intramolecular Hbond substituents is 1. The maximum atomic E-state index is 13.9. The second-order valence-electron chi connectivity index (χ2n) is 12.4. The molecular formula is C34H39ClF3N5O6. The first-order valence-corrected chi connectivity index (χ1v) is 16.3. The lowest BCUT2D eigenvalue weighted by atomic mass is 9.82. The molecule has 0 aromatic heterocycles. The van der Waals surface area contributed by atoms with Gasteiger partial charge in [0.2, 0.25) is 0 Å². The number of nitrogens with one attached hydrogen (secondary N) is 2. The fraction of sp³-hybridized carbons (Fsp3) is 0.441. The number of hydrogen-bond acceptors (Lipinski definition) is 8. The SMILES string of the molecule is C=CCN(C)/C=C\NC1CCN(C(=O)[C@@H](Cc2cc(Cl)c(O)c(C(F)(F)F)c2)OC(=O)N2CCC3(CC2)OC(=O)Nc2ccccc23)CC1. The number of piperidine rings is 2. The van der Waals surface area contributed by atoms with Gasteiger partial charge in [0.25, 0.3) is 5.91 Å². The number of likely N-dealkylation sites (tertiary alicyclic amines) is 2. The van der Waals surface area contributed by atoms with E-state index >= 15 is 0 Å². The van der Waals surface area contributed by atoms with Crippen LogP contribution in [0, 0.1) is 0 Å². The third-order valence-corrected chi connectivity index (χ3v) is 9.31. The minimum absolute atomic E-state index is 0.0394. The van der Waals surface area contributed by atoms with Gasteiger partial charge in [-0.05, 0) is 36.6 Å². The average Bonchev–Trinajstić information content (AvgIpc) is 3.06. The number of amides is 3. The van der Waals surface area contributed by atoms with Gasteiger partial charge < -0.3 is 34.6 Å². The molecule has 11 nitrogen and oxygen atoms in total. The number of para-hydroxylation sites is 1. The van der Waals surface area contributed by atoms with Crippen molar-refractivity contribution in [1.29, 1.82) is 0 Å². The number of fused-ring (bicyclic) bond motifs is 2. The lowest BCUT2D eigenvalue weighted by molar-refractivity contribution is -0.142. The van der Waals surface area contributed by atoms with Crippen molar-refractivity contribution in [2.45, 2.75) is 56.0 Å². The standard InChI is InChI=1S/C34H39ClF3N5O6/c1-3-13-41(2)18-12-39-23-8-14-42(15-9-23)30(45)28(21-22-19-25(34(36,37)38)29(44)26(35)20-22)48-32(47)43-16-10-33(11-17-43)24-6-4-5-7-27(24)40-31(46)49-33/h3-7,12,18-20,23,28,39,44H,1,8-11,13-17,21H2,2H3,(H,40,46)/b18-12-/t28-/m1/s1. The van der Waals surface area contributed by atoms with Crippen molar-refractivity contribution < 1.29 is 42.1 Å². The third kappa shape index (κ3) is 8.35. The largest absolute Gasteiger partial charge is 0.506 e. The molecule has 2 saturated heterocycles. The van der Waals surface area contributed by atoms with Crippen LogP contribution >= 0.6 is 11.6 Å². The molecule has 264 valence electrons. The second-order valence-corrected chi connectivity index (χ2v) is 12.8. The molecule has 2 aromatic rings. The van der Waals surface area contributed by atoms with Crippen molar-refractivity contribution >= 4 is 35.4 Å². The highest BCUT2D eigenvalue weighted by atomic mass is 35.5. The van der Waals surface area contributed by atoms with Crippen LogP contribution in [0.15, 0.2) is 61.5 Å². The number of alkyl halides is 3. The molecule has 0 saturated carbocycles. The smallest absolute Gasteiger partial charge is 0.420 e. The number of aromatic hydroxyl groups is 1. The molecule has 3 N–H and O–H groups in total. The van der Waals surface area contributed by atoms with Crippen molar-refractivity contribution in [3.05, 3.63) is 83.2 Å². The average molecular weight is 706 g/mol. The summed E-state index contributed by atoms with van der Waals surface area (Å²) >= 11 is 5.95. The number of anilines is 1. The molecule has 3 aliphatic heterocycles. The molecule has 3 amide bonds. The maximum Gasteiger partial charge on any atom is 0.420 e. The van der Waals surface area contributed by atoms with Crippen LogP contribution in [0.5, 0.6) is 5.75 Å². The van der Waals surface area contributed by atoms with E-state index in [0.717, 1.165) is 11.6 Å². The molecule has 0 unspecified atom stereocenters. The van der Waals surface area contributed by atoms with Crippen molar-refractivity contribution in [3.63, 3.8) is 0 Å². The quantitative estimate of drug-likeness (QED) is 0.279. The number of nitrogens with zero attached hydrogens (tertiary/aromatic N) is 3. The molecule has 15 heteroatoms. The van der Waals surface area contributed by atoms with Crippen LogP contribution in [-0.2, 0) is 32.5 Å². The van der Waals surface area contributed by atoms with Crippen LogP contribution < -0.4 is 10.6 Å². The van der Waals surface area contributed by atoms with Crippen molar-refractivity contribution in [2.75, 3.05) is 45.1 Å². The van der Waals surface area contributed by atoms with Gasteiger partial charge in [-0.25, -0.2) is 9.59 Å². The summed E-state index contributed by atoms with van der Waals surface area (Å²) in [6.07, 6.45) is -1.00. The number of halogens is 4. The summed E-state index contributed by atoms with van der Waals surface area (Å²) in [7, 11) is 1.91. The van der Waals surface area contributed by atoms with E-state index in [1.54, 1.807) is 18.2 Å². The zero-order valence-electron chi connectivity index (χ0n) is 27.0. The minimum Gasteiger partial charge on any atom is -0.506 e. The molecular weight excluding hydrogens is 667 g/mol. The van der Waals surface area contributed by atoms with Gasteiger partial charge in [-0.3, -0.25) is 10.1 Å². The Bertz CT molecular complexity index is 1590. The molecule has 2 fully saturated rings. The van der Waals surface area contributed by atoms with Gasteiger partial charge in [-0.15, -0.1) is 6.58 Å². The van der Waals surface area contributed by atoms with E-state index in [9.17, 15) is 32.7 Å². The van der Waals surface area contributed by atoms with Gasteiger partial charge in [-0.1, -0.05) is 35.9 Å². The summed E-state index contributed by atoms with van der Waals surface area (Å²) < 4.78 is 52.5. The maximum absolute atomic E-state index is 13.9. The van der Waals surface area contributed by atoms with Crippen molar-refractivity contribution in [3.8, 4) is 5.75 Å². The molecule has 0 aliphatic carbocycles. The van der Waals surface area contributed by atoms with Crippen LogP contribution in [0.25, 0.3) is 0 Å². The van der Waals surface area contributed by atoms with E-state index in [2.05, 4.69) is 17.2 Å². The second kappa shape index (κ2) is 14.9. The number of benzene rings is 2. The molecule has 5 rings (SSSR count). The highest BCUT2D eigenvalue weighted by Crippen LogP contribution is 2.44. The summed E-state index contributed by atoms with van der Waals surface area (Å²) in [5, 5.41) is 15.4. The molecule has 0 radical (unpaired) electrons. The van der Waals surface area contributed by atoms with Crippen molar-refractivity contribution in [1.82, 2.24) is 20.0 Å². The zero-order chi connectivity index (χ0) is 35.3. The molecule has 3 heterocycles. The first kappa shape index (κ1) is 35.7. The Labute approximate surface area is 287 Å². The predicted molar refractivity (Wildman–Crippen MR) is 176 cm³/mol. The van der Waals surface area contributed by atoms with E-state index in [1.807, 2.05) is 36.5 Å². The van der Waals surface area contributed by atoms with E-state index in [0.29, 0.717) is 44.2 Å². The fourth-order valence-electron chi connectivity index (χ4n) is 6.40. The first-order chi connectivity index (χ1) is 23.3. The van der Waals surface area contributed by atoms with Crippen LogP contribution in [0.4, 0.5) is 28.4 Å². The number of carbonyl (C=O) groups excluding carboxylic acids is 3. The third-order valence-electron chi connectivity index (χ3n) is 9.02. The van der Waals surface area contributed by atoms with E-state index in [-0.39, 0.29) is 37.5 Å². The number of rotatable bonds is 9. The molecule has 2 aromatic carbocycles. The van der Waals surface area contributed by atoms with Gasteiger partial charge in [0.05, 0.1) is 16.3 Å². The van der Waals surface area contributed by atoms with Gasteiger partial charge >= 0.3 is 18.4 Å². The number of likely N-dealkylation sites (N-methyl/N-ethyl adjacent to an activating group) is 1. The van der Waals surface area contributed by atoms with E-state index in [1.165, 1.54) is 9.80 Å². The highest BCUT2D eigenvalue weighted by molar-refractivity contribution is 6.32. The summed E-state index contributed by atoms with van der Waals surface area (Å²) in [6, 6.07) is 9.16. The predicted octanol–water partition coefficient (Wildman–Crippen LogP) is 5.84. The molecule has 49 heavy (non-hydrogen) atoms. The van der Waals surface area contributed by atoms with Crippen LogP contribution in [-0.4, -0.2) is 89.8 Å². The van der Waals surface area contributed by atoms with Crippen LogP contribution in [0.1, 0.15) is 42.4 Å².